The van der Waals surface area contributed by atoms with Crippen LogP contribution in [-0.2, 0) is 5.60 Å². The quantitative estimate of drug-likeness (QED) is 0.796. The SMILES string of the molecule is CCCC[C@](O)(c1cccc(O)c1)[C@H](C)CN(C)C. The second kappa shape index (κ2) is 6.92. The maximum atomic E-state index is 11.1. The van der Waals surface area contributed by atoms with Crippen molar-refractivity contribution in [1.29, 1.82) is 0 Å². The number of benzene rings is 1. The molecule has 0 saturated carbocycles. The molecule has 3 heteroatoms. The van der Waals surface area contributed by atoms with E-state index in [1.807, 2.05) is 20.2 Å². The third kappa shape index (κ3) is 4.22. The van der Waals surface area contributed by atoms with E-state index in [1.165, 1.54) is 0 Å². The highest BCUT2D eigenvalue weighted by Crippen LogP contribution is 2.36. The van der Waals surface area contributed by atoms with Gasteiger partial charge in [0.25, 0.3) is 0 Å². The van der Waals surface area contributed by atoms with Crippen LogP contribution in [0.3, 0.4) is 0 Å². The third-order valence-electron chi connectivity index (χ3n) is 3.71. The maximum absolute atomic E-state index is 11.1. The zero-order valence-electron chi connectivity index (χ0n) is 12.6. The molecule has 0 amide bonds. The molecule has 0 bridgehead atoms. The summed E-state index contributed by atoms with van der Waals surface area (Å²) in [6, 6.07) is 7.02. The lowest BCUT2D eigenvalue weighted by molar-refractivity contribution is -0.0351. The van der Waals surface area contributed by atoms with E-state index < -0.39 is 5.60 Å². The maximum Gasteiger partial charge on any atom is 0.115 e. The van der Waals surface area contributed by atoms with Crippen molar-refractivity contribution in [1.82, 2.24) is 4.90 Å². The second-order valence-corrected chi connectivity index (χ2v) is 5.74. The lowest BCUT2D eigenvalue weighted by Crippen LogP contribution is -2.39. The van der Waals surface area contributed by atoms with Gasteiger partial charge < -0.3 is 15.1 Å². The molecule has 1 aromatic carbocycles. The molecule has 0 aliphatic heterocycles. The van der Waals surface area contributed by atoms with Gasteiger partial charge in [-0.15, -0.1) is 0 Å². The van der Waals surface area contributed by atoms with E-state index >= 15 is 0 Å². The fraction of sp³-hybridized carbons (Fsp3) is 0.625. The number of aromatic hydroxyl groups is 1. The zero-order chi connectivity index (χ0) is 14.5. The van der Waals surface area contributed by atoms with Crippen LogP contribution < -0.4 is 0 Å². The standard InChI is InChI=1S/C16H27NO2/c1-5-6-10-16(19,13(2)12-17(3)4)14-8-7-9-15(18)11-14/h7-9,11,13,18-19H,5-6,10,12H2,1-4H3/t13-,16-/m1/s1. The predicted octanol–water partition coefficient (Wildman–Crippen LogP) is 2.97. The topological polar surface area (TPSA) is 43.7 Å². The highest BCUT2D eigenvalue weighted by Gasteiger charge is 2.35. The molecule has 2 atom stereocenters. The first-order chi connectivity index (χ1) is 8.90. The van der Waals surface area contributed by atoms with Crippen molar-refractivity contribution in [2.75, 3.05) is 20.6 Å². The lowest BCUT2D eigenvalue weighted by atomic mass is 9.78. The van der Waals surface area contributed by atoms with Crippen LogP contribution in [0, 0.1) is 5.92 Å². The van der Waals surface area contributed by atoms with Gasteiger partial charge in [0.05, 0.1) is 5.60 Å². The Kier molecular flexibility index (Phi) is 5.83. The van der Waals surface area contributed by atoms with Crippen LogP contribution in [-0.4, -0.2) is 35.8 Å². The minimum atomic E-state index is -0.876. The Labute approximate surface area is 116 Å². The molecule has 0 spiro atoms. The Morgan fingerprint density at radius 1 is 1.32 bits per heavy atom. The first-order valence-electron chi connectivity index (χ1n) is 7.06. The van der Waals surface area contributed by atoms with Gasteiger partial charge in [0.2, 0.25) is 0 Å². The number of aliphatic hydroxyl groups is 1. The molecular weight excluding hydrogens is 238 g/mol. The summed E-state index contributed by atoms with van der Waals surface area (Å²) in [5.74, 6) is 0.320. The second-order valence-electron chi connectivity index (χ2n) is 5.74. The Hall–Kier alpha value is -1.06. The van der Waals surface area contributed by atoms with Crippen LogP contribution in [0.2, 0.25) is 0 Å². The molecule has 1 aromatic rings. The van der Waals surface area contributed by atoms with Crippen LogP contribution >= 0.6 is 0 Å². The molecular formula is C16H27NO2. The van der Waals surface area contributed by atoms with Crippen LogP contribution in [0.15, 0.2) is 24.3 Å². The first-order valence-corrected chi connectivity index (χ1v) is 7.06. The largest absolute Gasteiger partial charge is 0.508 e. The molecule has 0 radical (unpaired) electrons. The van der Waals surface area contributed by atoms with E-state index in [0.717, 1.165) is 31.4 Å². The molecule has 0 saturated heterocycles. The van der Waals surface area contributed by atoms with Crippen molar-refractivity contribution >= 4 is 0 Å². The molecule has 108 valence electrons. The van der Waals surface area contributed by atoms with Crippen molar-refractivity contribution in [3.05, 3.63) is 29.8 Å². The highest BCUT2D eigenvalue weighted by molar-refractivity contribution is 5.31. The fourth-order valence-electron chi connectivity index (χ4n) is 2.60. The van der Waals surface area contributed by atoms with Gasteiger partial charge in [0.1, 0.15) is 5.75 Å². The minimum absolute atomic E-state index is 0.107. The molecule has 1 rings (SSSR count). The average Bonchev–Trinajstić information content (AvgIpc) is 2.35. The number of unbranched alkanes of at least 4 members (excludes halogenated alkanes) is 1. The van der Waals surface area contributed by atoms with Crippen LogP contribution in [0.4, 0.5) is 0 Å². The van der Waals surface area contributed by atoms with Gasteiger partial charge in [-0.2, -0.15) is 0 Å². The van der Waals surface area contributed by atoms with Gasteiger partial charge in [-0.3, -0.25) is 0 Å². The van der Waals surface area contributed by atoms with Gasteiger partial charge in [-0.25, -0.2) is 0 Å². The predicted molar refractivity (Wildman–Crippen MR) is 79.2 cm³/mol. The summed E-state index contributed by atoms with van der Waals surface area (Å²) in [6.45, 7) is 5.01. The molecule has 3 nitrogen and oxygen atoms in total. The normalized spacial score (nSPS) is 16.3. The molecule has 0 unspecified atom stereocenters. The van der Waals surface area contributed by atoms with Crippen LogP contribution in [0.1, 0.15) is 38.7 Å². The van der Waals surface area contributed by atoms with Crippen molar-refractivity contribution in [3.63, 3.8) is 0 Å². The summed E-state index contributed by atoms with van der Waals surface area (Å²) >= 11 is 0. The molecule has 0 aliphatic carbocycles. The summed E-state index contributed by atoms with van der Waals surface area (Å²) in [6.07, 6.45) is 2.75. The Balaban J connectivity index is 3.04. The summed E-state index contributed by atoms with van der Waals surface area (Å²) in [5.41, 5.74) is -0.0609. The van der Waals surface area contributed by atoms with Crippen molar-refractivity contribution < 1.29 is 10.2 Å². The molecule has 0 aliphatic rings. The van der Waals surface area contributed by atoms with Crippen molar-refractivity contribution in [2.24, 2.45) is 5.92 Å². The number of hydrogen-bond donors (Lipinski definition) is 2. The van der Waals surface area contributed by atoms with Gasteiger partial charge in [-0.1, -0.05) is 38.8 Å². The minimum Gasteiger partial charge on any atom is -0.508 e. The Bertz CT molecular complexity index is 392. The van der Waals surface area contributed by atoms with E-state index in [2.05, 4.69) is 18.7 Å². The zero-order valence-corrected chi connectivity index (χ0v) is 12.6. The Morgan fingerprint density at radius 2 is 2.00 bits per heavy atom. The van der Waals surface area contributed by atoms with E-state index in [1.54, 1.807) is 18.2 Å². The van der Waals surface area contributed by atoms with Crippen LogP contribution in [0.5, 0.6) is 5.75 Å². The molecule has 2 N–H and O–H groups in total. The van der Waals surface area contributed by atoms with E-state index in [-0.39, 0.29) is 11.7 Å². The van der Waals surface area contributed by atoms with Crippen molar-refractivity contribution in [3.8, 4) is 5.75 Å². The lowest BCUT2D eigenvalue weighted by Gasteiger charge is -2.36. The fourth-order valence-corrected chi connectivity index (χ4v) is 2.60. The number of phenolic OH excluding ortho intramolecular Hbond substituents is 1. The van der Waals surface area contributed by atoms with E-state index in [0.29, 0.717) is 0 Å². The molecule has 0 fully saturated rings. The van der Waals surface area contributed by atoms with Gasteiger partial charge >= 0.3 is 0 Å². The smallest absolute Gasteiger partial charge is 0.115 e. The summed E-state index contributed by atoms with van der Waals surface area (Å²) in [4.78, 5) is 2.09. The van der Waals surface area contributed by atoms with Gasteiger partial charge in [0, 0.05) is 12.5 Å². The van der Waals surface area contributed by atoms with E-state index in [9.17, 15) is 10.2 Å². The molecule has 0 aromatic heterocycles. The summed E-state index contributed by atoms with van der Waals surface area (Å²) in [5, 5.41) is 20.8. The number of rotatable bonds is 7. The first kappa shape index (κ1) is 16.0. The Morgan fingerprint density at radius 3 is 2.53 bits per heavy atom. The summed E-state index contributed by atoms with van der Waals surface area (Å²) < 4.78 is 0. The van der Waals surface area contributed by atoms with E-state index in [4.69, 9.17) is 0 Å². The average molecular weight is 265 g/mol. The molecule has 19 heavy (non-hydrogen) atoms. The van der Waals surface area contributed by atoms with Gasteiger partial charge in [-0.05, 0) is 38.2 Å². The third-order valence-corrected chi connectivity index (χ3v) is 3.71. The number of hydrogen-bond acceptors (Lipinski definition) is 3. The summed E-state index contributed by atoms with van der Waals surface area (Å²) in [7, 11) is 4.03. The number of phenols is 1. The van der Waals surface area contributed by atoms with Crippen molar-refractivity contribution in [2.45, 2.75) is 38.7 Å². The molecule has 0 heterocycles. The monoisotopic (exact) mass is 265 g/mol. The van der Waals surface area contributed by atoms with Crippen LogP contribution in [0.25, 0.3) is 0 Å². The number of nitrogens with zero attached hydrogens (tertiary/aromatic N) is 1. The highest BCUT2D eigenvalue weighted by atomic mass is 16.3. The van der Waals surface area contributed by atoms with Gasteiger partial charge in [0.15, 0.2) is 0 Å².